The van der Waals surface area contributed by atoms with E-state index in [9.17, 15) is 0 Å². The SMILES string of the molecule is C=CC(C)(C)C(C)(C=C)c1ccccc1. The topological polar surface area (TPSA) is 0 Å². The molecule has 1 aromatic rings. The Hall–Kier alpha value is -1.30. The molecule has 80 valence electrons. The molecular weight excluding hydrogens is 180 g/mol. The van der Waals surface area contributed by atoms with Crippen molar-refractivity contribution in [2.75, 3.05) is 0 Å². The predicted octanol–water partition coefficient (Wildman–Crippen LogP) is 4.34. The molecule has 0 aliphatic rings. The Balaban J connectivity index is 3.29. The number of rotatable bonds is 4. The fourth-order valence-corrected chi connectivity index (χ4v) is 1.75. The van der Waals surface area contributed by atoms with E-state index < -0.39 is 0 Å². The van der Waals surface area contributed by atoms with Crippen LogP contribution in [-0.2, 0) is 5.41 Å². The van der Waals surface area contributed by atoms with Crippen LogP contribution >= 0.6 is 0 Å². The Morgan fingerprint density at radius 1 is 0.933 bits per heavy atom. The van der Waals surface area contributed by atoms with E-state index in [4.69, 9.17) is 0 Å². The summed E-state index contributed by atoms with van der Waals surface area (Å²) in [6.07, 6.45) is 4.02. The van der Waals surface area contributed by atoms with E-state index in [1.807, 2.05) is 18.2 Å². The van der Waals surface area contributed by atoms with Gasteiger partial charge in [0.1, 0.15) is 0 Å². The predicted molar refractivity (Wildman–Crippen MR) is 68.0 cm³/mol. The molecule has 1 unspecified atom stereocenters. The maximum Gasteiger partial charge on any atom is 0.0186 e. The van der Waals surface area contributed by atoms with Gasteiger partial charge >= 0.3 is 0 Å². The van der Waals surface area contributed by atoms with Gasteiger partial charge in [0.15, 0.2) is 0 Å². The van der Waals surface area contributed by atoms with Crippen LogP contribution < -0.4 is 0 Å². The lowest BCUT2D eigenvalue weighted by Crippen LogP contribution is -2.35. The van der Waals surface area contributed by atoms with Crippen LogP contribution in [0.5, 0.6) is 0 Å². The minimum atomic E-state index is -0.0734. The molecule has 0 fully saturated rings. The Bertz CT molecular complexity index is 346. The van der Waals surface area contributed by atoms with Gasteiger partial charge in [-0.15, -0.1) is 13.2 Å². The standard InChI is InChI=1S/C15H20/c1-6-14(3,4)15(5,7-2)13-11-9-8-10-12-13/h6-12H,1-2H2,3-5H3. The highest BCUT2D eigenvalue weighted by Crippen LogP contribution is 2.43. The van der Waals surface area contributed by atoms with Crippen molar-refractivity contribution >= 4 is 0 Å². The van der Waals surface area contributed by atoms with Gasteiger partial charge in [0.2, 0.25) is 0 Å². The van der Waals surface area contributed by atoms with E-state index in [1.54, 1.807) is 0 Å². The fourth-order valence-electron chi connectivity index (χ4n) is 1.75. The third-order valence-electron chi connectivity index (χ3n) is 3.63. The summed E-state index contributed by atoms with van der Waals surface area (Å²) >= 11 is 0. The van der Waals surface area contributed by atoms with E-state index in [0.29, 0.717) is 0 Å². The highest BCUT2D eigenvalue weighted by molar-refractivity contribution is 5.34. The minimum absolute atomic E-state index is 0.00387. The number of hydrogen-bond acceptors (Lipinski definition) is 0. The molecule has 0 heteroatoms. The van der Waals surface area contributed by atoms with Crippen molar-refractivity contribution in [3.63, 3.8) is 0 Å². The van der Waals surface area contributed by atoms with E-state index in [1.165, 1.54) is 5.56 Å². The second kappa shape index (κ2) is 4.06. The van der Waals surface area contributed by atoms with Crippen LogP contribution in [0.2, 0.25) is 0 Å². The third kappa shape index (κ3) is 1.90. The summed E-state index contributed by atoms with van der Waals surface area (Å²) in [5.41, 5.74) is 1.21. The molecule has 15 heavy (non-hydrogen) atoms. The molecule has 1 aromatic carbocycles. The molecule has 1 atom stereocenters. The summed E-state index contributed by atoms with van der Waals surface area (Å²) < 4.78 is 0. The highest BCUT2D eigenvalue weighted by Gasteiger charge is 2.37. The first-order valence-corrected chi connectivity index (χ1v) is 5.30. The maximum absolute atomic E-state index is 3.98. The van der Waals surface area contributed by atoms with Crippen molar-refractivity contribution < 1.29 is 0 Å². The van der Waals surface area contributed by atoms with Crippen molar-refractivity contribution in [3.05, 3.63) is 61.2 Å². The molecule has 0 heterocycles. The summed E-state index contributed by atoms with van der Waals surface area (Å²) in [6, 6.07) is 10.5. The van der Waals surface area contributed by atoms with E-state index in [-0.39, 0.29) is 10.8 Å². The Kier molecular flexibility index (Phi) is 3.18. The van der Waals surface area contributed by atoms with Crippen LogP contribution in [0.1, 0.15) is 26.3 Å². The van der Waals surface area contributed by atoms with E-state index in [2.05, 4.69) is 58.2 Å². The molecule has 0 saturated carbocycles. The molecule has 0 saturated heterocycles. The summed E-state index contributed by atoms with van der Waals surface area (Å²) in [6.45, 7) is 14.5. The summed E-state index contributed by atoms with van der Waals surface area (Å²) in [4.78, 5) is 0. The largest absolute Gasteiger partial charge is 0.102 e. The van der Waals surface area contributed by atoms with Gasteiger partial charge < -0.3 is 0 Å². The molecule has 0 bridgehead atoms. The van der Waals surface area contributed by atoms with Crippen LogP contribution in [0.4, 0.5) is 0 Å². The zero-order chi connectivity index (χ0) is 11.5. The third-order valence-corrected chi connectivity index (χ3v) is 3.63. The first-order valence-electron chi connectivity index (χ1n) is 5.30. The molecule has 0 aliphatic heterocycles. The Morgan fingerprint density at radius 3 is 1.87 bits per heavy atom. The van der Waals surface area contributed by atoms with Crippen LogP contribution in [0.3, 0.4) is 0 Å². The summed E-state index contributed by atoms with van der Waals surface area (Å²) in [7, 11) is 0. The van der Waals surface area contributed by atoms with Gasteiger partial charge in [0, 0.05) is 5.41 Å². The van der Waals surface area contributed by atoms with Crippen LogP contribution in [-0.4, -0.2) is 0 Å². The fraction of sp³-hybridized carbons (Fsp3) is 0.333. The molecule has 0 nitrogen and oxygen atoms in total. The smallest absolute Gasteiger partial charge is 0.0186 e. The number of hydrogen-bond donors (Lipinski definition) is 0. The molecule has 0 aliphatic carbocycles. The van der Waals surface area contributed by atoms with Crippen LogP contribution in [0, 0.1) is 5.41 Å². The lowest BCUT2D eigenvalue weighted by atomic mass is 9.63. The summed E-state index contributed by atoms with van der Waals surface area (Å²) in [5, 5.41) is 0. The zero-order valence-corrected chi connectivity index (χ0v) is 9.96. The zero-order valence-electron chi connectivity index (χ0n) is 9.96. The molecule has 1 rings (SSSR count). The van der Waals surface area contributed by atoms with Crippen molar-refractivity contribution in [2.45, 2.75) is 26.2 Å². The second-order valence-electron chi connectivity index (χ2n) is 4.70. The van der Waals surface area contributed by atoms with Crippen LogP contribution in [0.15, 0.2) is 55.6 Å². The van der Waals surface area contributed by atoms with Crippen molar-refractivity contribution in [3.8, 4) is 0 Å². The van der Waals surface area contributed by atoms with Crippen molar-refractivity contribution in [1.82, 2.24) is 0 Å². The summed E-state index contributed by atoms with van der Waals surface area (Å²) in [5.74, 6) is 0. The normalized spacial score (nSPS) is 15.4. The monoisotopic (exact) mass is 200 g/mol. The minimum Gasteiger partial charge on any atom is -0.102 e. The van der Waals surface area contributed by atoms with Crippen molar-refractivity contribution in [2.24, 2.45) is 5.41 Å². The Morgan fingerprint density at radius 2 is 1.47 bits per heavy atom. The first kappa shape index (κ1) is 11.8. The van der Waals surface area contributed by atoms with Gasteiger partial charge in [-0.1, -0.05) is 63.3 Å². The molecule has 0 spiro atoms. The first-order chi connectivity index (χ1) is 6.98. The van der Waals surface area contributed by atoms with Crippen LogP contribution in [0.25, 0.3) is 0 Å². The van der Waals surface area contributed by atoms with E-state index >= 15 is 0 Å². The van der Waals surface area contributed by atoms with Gasteiger partial charge in [0.25, 0.3) is 0 Å². The van der Waals surface area contributed by atoms with Gasteiger partial charge in [0.05, 0.1) is 0 Å². The van der Waals surface area contributed by atoms with Gasteiger partial charge in [-0.25, -0.2) is 0 Å². The van der Waals surface area contributed by atoms with Gasteiger partial charge in [-0.2, -0.15) is 0 Å². The molecule has 0 amide bonds. The highest BCUT2D eigenvalue weighted by atomic mass is 14.4. The average molecular weight is 200 g/mol. The van der Waals surface area contributed by atoms with Gasteiger partial charge in [-0.05, 0) is 11.0 Å². The molecular formula is C15H20. The molecule has 0 N–H and O–H groups in total. The number of allylic oxidation sites excluding steroid dienone is 2. The molecule has 0 radical (unpaired) electrons. The quantitative estimate of drug-likeness (QED) is 0.634. The van der Waals surface area contributed by atoms with E-state index in [0.717, 1.165) is 0 Å². The molecule has 0 aromatic heterocycles. The lowest BCUT2D eigenvalue weighted by Gasteiger charge is -2.40. The number of benzene rings is 1. The maximum atomic E-state index is 3.98. The lowest BCUT2D eigenvalue weighted by molar-refractivity contribution is 0.306. The average Bonchev–Trinajstić information content (AvgIpc) is 2.29. The second-order valence-corrected chi connectivity index (χ2v) is 4.70. The van der Waals surface area contributed by atoms with Crippen molar-refractivity contribution in [1.29, 1.82) is 0 Å². The Labute approximate surface area is 93.3 Å². The van der Waals surface area contributed by atoms with Gasteiger partial charge in [-0.3, -0.25) is 0 Å².